The number of alkyl halides is 3. The quantitative estimate of drug-likeness (QED) is 0.794. The van der Waals surface area contributed by atoms with Crippen molar-refractivity contribution in [3.05, 3.63) is 29.6 Å². The van der Waals surface area contributed by atoms with Gasteiger partial charge in [0, 0.05) is 6.54 Å². The van der Waals surface area contributed by atoms with Crippen LogP contribution in [0.4, 0.5) is 17.6 Å². The Morgan fingerprint density at radius 3 is 2.57 bits per heavy atom. The van der Waals surface area contributed by atoms with Crippen molar-refractivity contribution in [1.82, 2.24) is 10.0 Å². The highest BCUT2D eigenvalue weighted by Gasteiger charge is 2.35. The zero-order chi connectivity index (χ0) is 16.4. The van der Waals surface area contributed by atoms with Crippen LogP contribution >= 0.6 is 12.4 Å². The molecule has 0 amide bonds. The highest BCUT2D eigenvalue weighted by Crippen LogP contribution is 2.32. The second-order valence-electron chi connectivity index (χ2n) is 5.20. The van der Waals surface area contributed by atoms with E-state index in [0.717, 1.165) is 25.5 Å². The largest absolute Gasteiger partial charge is 0.419 e. The number of hydrogen-bond donors (Lipinski definition) is 2. The van der Waals surface area contributed by atoms with Crippen LogP contribution in [0.15, 0.2) is 23.1 Å². The Kier molecular flexibility index (Phi) is 6.81. The zero-order valence-electron chi connectivity index (χ0n) is 12.0. The van der Waals surface area contributed by atoms with Crippen LogP contribution < -0.4 is 10.0 Å². The van der Waals surface area contributed by atoms with E-state index < -0.39 is 32.5 Å². The van der Waals surface area contributed by atoms with E-state index in [1.165, 1.54) is 0 Å². The van der Waals surface area contributed by atoms with E-state index in [2.05, 4.69) is 10.0 Å². The van der Waals surface area contributed by atoms with Gasteiger partial charge in [-0.1, -0.05) is 0 Å². The third kappa shape index (κ3) is 5.30. The first-order chi connectivity index (χ1) is 10.2. The fourth-order valence-electron chi connectivity index (χ4n) is 2.30. The van der Waals surface area contributed by atoms with E-state index in [0.29, 0.717) is 18.7 Å². The molecule has 10 heteroatoms. The molecule has 1 aromatic carbocycles. The fraction of sp³-hybridized carbons (Fsp3) is 0.538. The standard InChI is InChI=1S/C13H16F4N2O2S.ClH/c14-12-4-3-10(6-11(12)13(15,16)17)22(20,21)19-8-9-2-1-5-18-7-9;/h3-4,6,9,18-19H,1-2,5,7-8H2;1H. The van der Waals surface area contributed by atoms with E-state index in [-0.39, 0.29) is 24.9 Å². The van der Waals surface area contributed by atoms with Gasteiger partial charge in [0.1, 0.15) is 5.82 Å². The number of piperidine rings is 1. The molecule has 1 saturated heterocycles. The van der Waals surface area contributed by atoms with Crippen molar-refractivity contribution in [1.29, 1.82) is 0 Å². The summed E-state index contributed by atoms with van der Waals surface area (Å²) in [4.78, 5) is -0.593. The molecule has 0 spiro atoms. The molecule has 0 saturated carbocycles. The summed E-state index contributed by atoms with van der Waals surface area (Å²) in [6.07, 6.45) is -3.18. The maximum Gasteiger partial charge on any atom is 0.419 e. The van der Waals surface area contributed by atoms with E-state index in [1.54, 1.807) is 0 Å². The lowest BCUT2D eigenvalue weighted by molar-refractivity contribution is -0.140. The number of halogens is 5. The predicted octanol–water partition coefficient (Wildman–Crippen LogP) is 2.54. The van der Waals surface area contributed by atoms with Gasteiger partial charge in [0.25, 0.3) is 0 Å². The maximum absolute atomic E-state index is 13.2. The number of benzene rings is 1. The van der Waals surface area contributed by atoms with E-state index in [4.69, 9.17) is 0 Å². The third-order valence-electron chi connectivity index (χ3n) is 3.51. The van der Waals surface area contributed by atoms with Gasteiger partial charge >= 0.3 is 6.18 Å². The molecular formula is C13H17ClF4N2O2S. The van der Waals surface area contributed by atoms with Crippen molar-refractivity contribution in [2.45, 2.75) is 23.9 Å². The summed E-state index contributed by atoms with van der Waals surface area (Å²) in [6, 6.07) is 1.66. The van der Waals surface area contributed by atoms with Crippen LogP contribution in [0.1, 0.15) is 18.4 Å². The summed E-state index contributed by atoms with van der Waals surface area (Å²) < 4.78 is 77.5. The first-order valence-corrected chi connectivity index (χ1v) is 8.25. The fourth-order valence-corrected chi connectivity index (χ4v) is 3.44. The maximum atomic E-state index is 13.2. The minimum atomic E-state index is -4.94. The van der Waals surface area contributed by atoms with Gasteiger partial charge in [-0.2, -0.15) is 13.2 Å². The second-order valence-corrected chi connectivity index (χ2v) is 6.97. The molecule has 1 atom stereocenters. The Morgan fingerprint density at radius 1 is 1.30 bits per heavy atom. The van der Waals surface area contributed by atoms with Crippen LogP contribution in [0.25, 0.3) is 0 Å². The Morgan fingerprint density at radius 2 is 2.00 bits per heavy atom. The van der Waals surface area contributed by atoms with Crippen LogP contribution in [0, 0.1) is 11.7 Å². The summed E-state index contributed by atoms with van der Waals surface area (Å²) in [7, 11) is -4.10. The van der Waals surface area contributed by atoms with Crippen molar-refractivity contribution in [2.24, 2.45) is 5.92 Å². The Labute approximate surface area is 138 Å². The summed E-state index contributed by atoms with van der Waals surface area (Å²) in [5, 5.41) is 3.11. The topological polar surface area (TPSA) is 58.2 Å². The van der Waals surface area contributed by atoms with Crippen LogP contribution in [0.2, 0.25) is 0 Å². The number of hydrogen-bond acceptors (Lipinski definition) is 3. The average Bonchev–Trinajstić information content (AvgIpc) is 2.45. The Hall–Kier alpha value is -0.900. The molecule has 4 nitrogen and oxygen atoms in total. The number of nitrogens with one attached hydrogen (secondary N) is 2. The molecule has 2 N–H and O–H groups in total. The van der Waals surface area contributed by atoms with E-state index in [1.807, 2.05) is 0 Å². The third-order valence-corrected chi connectivity index (χ3v) is 4.94. The molecule has 1 aromatic rings. The summed E-state index contributed by atoms with van der Waals surface area (Å²) in [5.74, 6) is -1.41. The molecule has 1 unspecified atom stereocenters. The van der Waals surface area contributed by atoms with Gasteiger partial charge in [-0.3, -0.25) is 0 Å². The van der Waals surface area contributed by atoms with E-state index >= 15 is 0 Å². The average molecular weight is 377 g/mol. The van der Waals surface area contributed by atoms with Gasteiger partial charge in [-0.15, -0.1) is 12.4 Å². The molecule has 1 heterocycles. The summed E-state index contributed by atoms with van der Waals surface area (Å²) in [6.45, 7) is 1.66. The van der Waals surface area contributed by atoms with Crippen molar-refractivity contribution < 1.29 is 26.0 Å². The number of sulfonamides is 1. The van der Waals surface area contributed by atoms with Gasteiger partial charge in [0.15, 0.2) is 0 Å². The molecule has 0 aliphatic carbocycles. The number of rotatable bonds is 4. The molecule has 1 aliphatic rings. The predicted molar refractivity (Wildman–Crippen MR) is 79.4 cm³/mol. The highest BCUT2D eigenvalue weighted by molar-refractivity contribution is 7.89. The Bertz CT molecular complexity index is 631. The molecule has 0 aromatic heterocycles. The van der Waals surface area contributed by atoms with Gasteiger partial charge in [-0.05, 0) is 50.0 Å². The lowest BCUT2D eigenvalue weighted by Crippen LogP contribution is -2.38. The normalized spacial score (nSPS) is 19.2. The molecular weight excluding hydrogens is 360 g/mol. The van der Waals surface area contributed by atoms with Crippen molar-refractivity contribution >= 4 is 22.4 Å². The first kappa shape index (κ1) is 20.1. The first-order valence-electron chi connectivity index (χ1n) is 6.77. The molecule has 0 bridgehead atoms. The van der Waals surface area contributed by atoms with Crippen LogP contribution in [0.5, 0.6) is 0 Å². The van der Waals surface area contributed by atoms with Gasteiger partial charge in [0.2, 0.25) is 10.0 Å². The lowest BCUT2D eigenvalue weighted by atomic mass is 10.0. The van der Waals surface area contributed by atoms with Crippen molar-refractivity contribution in [2.75, 3.05) is 19.6 Å². The van der Waals surface area contributed by atoms with Gasteiger partial charge < -0.3 is 5.32 Å². The minimum absolute atomic E-state index is 0. The molecule has 132 valence electrons. The summed E-state index contributed by atoms with van der Waals surface area (Å²) in [5.41, 5.74) is -1.59. The molecule has 0 radical (unpaired) electrons. The second kappa shape index (κ2) is 7.78. The van der Waals surface area contributed by atoms with E-state index in [9.17, 15) is 26.0 Å². The van der Waals surface area contributed by atoms with Crippen LogP contribution in [0.3, 0.4) is 0 Å². The SMILES string of the molecule is Cl.O=S(=O)(NCC1CCCNC1)c1ccc(F)c(C(F)(F)F)c1. The molecule has 1 aliphatic heterocycles. The van der Waals surface area contributed by atoms with Gasteiger partial charge in [-0.25, -0.2) is 17.5 Å². The smallest absolute Gasteiger partial charge is 0.316 e. The lowest BCUT2D eigenvalue weighted by Gasteiger charge is -2.22. The summed E-state index contributed by atoms with van der Waals surface area (Å²) >= 11 is 0. The van der Waals surface area contributed by atoms with Crippen molar-refractivity contribution in [3.8, 4) is 0 Å². The molecule has 2 rings (SSSR count). The van der Waals surface area contributed by atoms with Crippen molar-refractivity contribution in [3.63, 3.8) is 0 Å². The monoisotopic (exact) mass is 376 g/mol. The molecule has 1 fully saturated rings. The highest BCUT2D eigenvalue weighted by atomic mass is 35.5. The van der Waals surface area contributed by atoms with Gasteiger partial charge in [0.05, 0.1) is 10.5 Å². The molecule has 23 heavy (non-hydrogen) atoms. The zero-order valence-corrected chi connectivity index (χ0v) is 13.6. The van der Waals surface area contributed by atoms with Crippen LogP contribution in [-0.2, 0) is 16.2 Å². The van der Waals surface area contributed by atoms with Crippen LogP contribution in [-0.4, -0.2) is 28.1 Å². The minimum Gasteiger partial charge on any atom is -0.316 e. The Balaban J connectivity index is 0.00000264.